The van der Waals surface area contributed by atoms with E-state index in [1.54, 1.807) is 24.3 Å². The van der Waals surface area contributed by atoms with Gasteiger partial charge in [-0.2, -0.15) is 0 Å². The second-order valence-electron chi connectivity index (χ2n) is 4.56. The maximum absolute atomic E-state index is 13.0. The van der Waals surface area contributed by atoms with Crippen molar-refractivity contribution in [1.82, 2.24) is 0 Å². The fraction of sp³-hybridized carbons (Fsp3) is 0.286. The lowest BCUT2D eigenvalue weighted by atomic mass is 9.92. The number of thiophene rings is 1. The van der Waals surface area contributed by atoms with Crippen LogP contribution in [0.1, 0.15) is 17.4 Å². The van der Waals surface area contributed by atoms with Crippen molar-refractivity contribution < 1.29 is 9.50 Å². The minimum atomic E-state index is -0.835. The normalized spacial score (nSPS) is 14.5. The third-order valence-electron chi connectivity index (χ3n) is 2.61. The van der Waals surface area contributed by atoms with Gasteiger partial charge in [0, 0.05) is 17.7 Å². The van der Waals surface area contributed by atoms with E-state index in [0.29, 0.717) is 12.8 Å². The van der Waals surface area contributed by atoms with Gasteiger partial charge < -0.3 is 5.11 Å². The summed E-state index contributed by atoms with van der Waals surface area (Å²) in [5, 5.41) is 12.3. The largest absolute Gasteiger partial charge is 0.389 e. The summed E-state index contributed by atoms with van der Waals surface area (Å²) in [5.74, 6) is -0.255. The molecule has 17 heavy (non-hydrogen) atoms. The van der Waals surface area contributed by atoms with Gasteiger partial charge in [-0.3, -0.25) is 0 Å². The van der Waals surface area contributed by atoms with Crippen molar-refractivity contribution in [2.24, 2.45) is 0 Å². The molecule has 0 aliphatic carbocycles. The second-order valence-corrected chi connectivity index (χ2v) is 5.59. The van der Waals surface area contributed by atoms with E-state index in [1.807, 2.05) is 23.6 Å². The van der Waals surface area contributed by atoms with E-state index < -0.39 is 5.60 Å². The summed E-state index contributed by atoms with van der Waals surface area (Å²) in [4.78, 5) is 1.14. The number of rotatable bonds is 4. The molecule has 0 spiro atoms. The number of halogens is 1. The lowest BCUT2D eigenvalue weighted by Gasteiger charge is -2.22. The first-order chi connectivity index (χ1) is 8.05. The summed E-state index contributed by atoms with van der Waals surface area (Å²) >= 11 is 1.63. The standard InChI is InChI=1S/C14H15FOS/c1-14(16,10-13-6-3-7-17-13)9-11-4-2-5-12(15)8-11/h2-8,16H,9-10H2,1H3. The molecule has 2 rings (SSSR count). The van der Waals surface area contributed by atoms with Crippen LogP contribution in [-0.2, 0) is 12.8 Å². The Morgan fingerprint density at radius 3 is 2.71 bits per heavy atom. The smallest absolute Gasteiger partial charge is 0.123 e. The van der Waals surface area contributed by atoms with E-state index in [-0.39, 0.29) is 5.82 Å². The number of hydrogen-bond donors (Lipinski definition) is 1. The van der Waals surface area contributed by atoms with E-state index in [4.69, 9.17) is 0 Å². The van der Waals surface area contributed by atoms with Crippen LogP contribution in [0.3, 0.4) is 0 Å². The van der Waals surface area contributed by atoms with Crippen LogP contribution in [0, 0.1) is 5.82 Å². The van der Waals surface area contributed by atoms with Crippen molar-refractivity contribution >= 4 is 11.3 Å². The van der Waals surface area contributed by atoms with Crippen LogP contribution in [0.25, 0.3) is 0 Å². The van der Waals surface area contributed by atoms with Gasteiger partial charge in [0.1, 0.15) is 5.82 Å². The van der Waals surface area contributed by atoms with Crippen molar-refractivity contribution in [1.29, 1.82) is 0 Å². The summed E-state index contributed by atoms with van der Waals surface area (Å²) in [6.07, 6.45) is 1.06. The minimum Gasteiger partial charge on any atom is -0.389 e. The quantitative estimate of drug-likeness (QED) is 0.881. The summed E-state index contributed by atoms with van der Waals surface area (Å²) < 4.78 is 13.0. The Morgan fingerprint density at radius 1 is 1.24 bits per heavy atom. The molecule has 0 radical (unpaired) electrons. The lowest BCUT2D eigenvalue weighted by molar-refractivity contribution is 0.0616. The number of benzene rings is 1. The SMILES string of the molecule is CC(O)(Cc1cccc(F)c1)Cc1cccs1. The zero-order valence-corrected chi connectivity index (χ0v) is 10.5. The Balaban J connectivity index is 2.06. The average molecular weight is 250 g/mol. The lowest BCUT2D eigenvalue weighted by Crippen LogP contribution is -2.29. The maximum atomic E-state index is 13.0. The van der Waals surface area contributed by atoms with Gasteiger partial charge >= 0.3 is 0 Å². The fourth-order valence-electron chi connectivity index (χ4n) is 1.94. The molecule has 1 atom stereocenters. The summed E-state index contributed by atoms with van der Waals surface area (Å²) in [6, 6.07) is 10.4. The van der Waals surface area contributed by atoms with Gasteiger partial charge in [-0.15, -0.1) is 11.3 Å². The van der Waals surface area contributed by atoms with E-state index in [2.05, 4.69) is 0 Å². The molecule has 0 amide bonds. The molecule has 3 heteroatoms. The Bertz CT molecular complexity index is 477. The molecule has 1 nitrogen and oxygen atoms in total. The van der Waals surface area contributed by atoms with Gasteiger partial charge in [0.15, 0.2) is 0 Å². The van der Waals surface area contributed by atoms with Gasteiger partial charge in [-0.05, 0) is 36.1 Å². The van der Waals surface area contributed by atoms with Gasteiger partial charge in [0.05, 0.1) is 5.60 Å². The molecule has 2 aromatic rings. The Kier molecular flexibility index (Phi) is 3.60. The maximum Gasteiger partial charge on any atom is 0.123 e. The number of hydrogen-bond acceptors (Lipinski definition) is 2. The summed E-state index contributed by atoms with van der Waals surface area (Å²) in [6.45, 7) is 1.79. The molecule has 1 aromatic carbocycles. The van der Waals surface area contributed by atoms with E-state index >= 15 is 0 Å². The van der Waals surface area contributed by atoms with Gasteiger partial charge in [0.25, 0.3) is 0 Å². The topological polar surface area (TPSA) is 20.2 Å². The van der Waals surface area contributed by atoms with Crippen LogP contribution in [0.15, 0.2) is 41.8 Å². The first-order valence-corrected chi connectivity index (χ1v) is 6.42. The van der Waals surface area contributed by atoms with Crippen molar-refractivity contribution in [3.63, 3.8) is 0 Å². The molecule has 1 unspecified atom stereocenters. The van der Waals surface area contributed by atoms with E-state index in [1.165, 1.54) is 12.1 Å². The third-order valence-corrected chi connectivity index (χ3v) is 3.49. The molecule has 0 saturated heterocycles. The highest BCUT2D eigenvalue weighted by atomic mass is 32.1. The molecule has 1 N–H and O–H groups in total. The first-order valence-electron chi connectivity index (χ1n) is 5.54. The predicted molar refractivity (Wildman–Crippen MR) is 68.8 cm³/mol. The fourth-order valence-corrected chi connectivity index (χ4v) is 2.82. The average Bonchev–Trinajstić information content (AvgIpc) is 2.68. The van der Waals surface area contributed by atoms with Crippen LogP contribution in [0.2, 0.25) is 0 Å². The predicted octanol–water partition coefficient (Wildman–Crippen LogP) is 3.42. The molecule has 0 aliphatic rings. The monoisotopic (exact) mass is 250 g/mol. The van der Waals surface area contributed by atoms with Crippen LogP contribution in [0.5, 0.6) is 0 Å². The molecule has 1 aromatic heterocycles. The molecule has 0 aliphatic heterocycles. The van der Waals surface area contributed by atoms with Crippen molar-refractivity contribution in [3.8, 4) is 0 Å². The molecule has 0 fully saturated rings. The third kappa shape index (κ3) is 3.65. The molecular formula is C14H15FOS. The van der Waals surface area contributed by atoms with Gasteiger partial charge in [-0.1, -0.05) is 18.2 Å². The summed E-state index contributed by atoms with van der Waals surface area (Å²) in [5.41, 5.74) is -0.00916. The van der Waals surface area contributed by atoms with Gasteiger partial charge in [-0.25, -0.2) is 4.39 Å². The van der Waals surface area contributed by atoms with E-state index in [9.17, 15) is 9.50 Å². The zero-order chi connectivity index (χ0) is 12.3. The van der Waals surface area contributed by atoms with E-state index in [0.717, 1.165) is 10.4 Å². The second kappa shape index (κ2) is 4.98. The molecule has 0 bridgehead atoms. The highest BCUT2D eigenvalue weighted by Crippen LogP contribution is 2.21. The minimum absolute atomic E-state index is 0.255. The summed E-state index contributed by atoms with van der Waals surface area (Å²) in [7, 11) is 0. The Hall–Kier alpha value is -1.19. The van der Waals surface area contributed by atoms with Crippen molar-refractivity contribution in [2.45, 2.75) is 25.4 Å². The van der Waals surface area contributed by atoms with Crippen LogP contribution >= 0.6 is 11.3 Å². The van der Waals surface area contributed by atoms with Gasteiger partial charge in [0.2, 0.25) is 0 Å². The van der Waals surface area contributed by atoms with Crippen LogP contribution < -0.4 is 0 Å². The highest BCUT2D eigenvalue weighted by molar-refractivity contribution is 7.09. The highest BCUT2D eigenvalue weighted by Gasteiger charge is 2.22. The van der Waals surface area contributed by atoms with Crippen molar-refractivity contribution in [3.05, 3.63) is 58.0 Å². The number of aliphatic hydroxyl groups is 1. The van der Waals surface area contributed by atoms with Crippen LogP contribution in [-0.4, -0.2) is 10.7 Å². The molecular weight excluding hydrogens is 235 g/mol. The molecule has 0 saturated carbocycles. The van der Waals surface area contributed by atoms with Crippen LogP contribution in [0.4, 0.5) is 4.39 Å². The Morgan fingerprint density at radius 2 is 2.06 bits per heavy atom. The Labute approximate surface area is 105 Å². The molecule has 90 valence electrons. The first kappa shape index (κ1) is 12.3. The molecule has 1 heterocycles. The zero-order valence-electron chi connectivity index (χ0n) is 9.69. The van der Waals surface area contributed by atoms with Crippen molar-refractivity contribution in [2.75, 3.05) is 0 Å².